The summed E-state index contributed by atoms with van der Waals surface area (Å²) in [6, 6.07) is 11.8. The van der Waals surface area contributed by atoms with Crippen LogP contribution in [0, 0.1) is 11.5 Å². The molecule has 1 fully saturated rings. The molecule has 1 aromatic carbocycles. The highest BCUT2D eigenvalue weighted by molar-refractivity contribution is 7.98. The third-order valence-corrected chi connectivity index (χ3v) is 15.6. The normalized spacial score (nSPS) is 14.7. The Balaban J connectivity index is 1.64. The zero-order chi connectivity index (χ0) is 30.3. The minimum Gasteiger partial charge on any atom is -0.445 e. The van der Waals surface area contributed by atoms with Crippen molar-refractivity contribution in [2.45, 2.75) is 101 Å². The predicted octanol–water partition coefficient (Wildman–Crippen LogP) is 7.97. The second-order valence-electron chi connectivity index (χ2n) is 12.3. The number of alkyl carbamates (subject to hydrolysis) is 1. The van der Waals surface area contributed by atoms with Gasteiger partial charge in [-0.15, -0.1) is 5.54 Å². The first-order chi connectivity index (χ1) is 20.1. The second-order valence-corrected chi connectivity index (χ2v) is 18.7. The fraction of sp³-hybridized carbons (Fsp3) is 0.515. The van der Waals surface area contributed by atoms with E-state index in [9.17, 15) is 4.79 Å². The van der Waals surface area contributed by atoms with Crippen LogP contribution in [0.4, 0.5) is 10.6 Å². The van der Waals surface area contributed by atoms with Gasteiger partial charge in [0, 0.05) is 18.3 Å². The predicted molar refractivity (Wildman–Crippen MR) is 176 cm³/mol. The SMILES string of the molecule is CSc1ncc2c(C#C[Si](C(C)C)(C(C)C)C(C)C)cc(NC3(CNC(=O)OCc4ccccc4)CCCC3)nc2n1. The van der Waals surface area contributed by atoms with Crippen LogP contribution in [0.1, 0.15) is 78.4 Å². The van der Waals surface area contributed by atoms with Crippen LogP contribution in [0.15, 0.2) is 47.8 Å². The van der Waals surface area contributed by atoms with E-state index in [0.717, 1.165) is 48.0 Å². The average Bonchev–Trinajstić information content (AvgIpc) is 3.43. The van der Waals surface area contributed by atoms with Crippen molar-refractivity contribution in [3.05, 3.63) is 53.7 Å². The highest BCUT2D eigenvalue weighted by atomic mass is 32.2. The van der Waals surface area contributed by atoms with Crippen LogP contribution in [0.5, 0.6) is 0 Å². The standard InChI is InChI=1S/C33H45N5O2SSi/c1-23(2)42(24(3)4,25(5)6)18-15-27-19-29(36-30-28(27)20-34-31(37-30)41-7)38-33(16-11-12-17-33)22-35-32(39)40-21-26-13-9-8-10-14-26/h8-10,13-14,19-20,23-25H,11-12,16-17,21-22H2,1-7H3,(H,35,39)(H,34,36,37,38). The van der Waals surface area contributed by atoms with Gasteiger partial charge in [-0.1, -0.05) is 102 Å². The van der Waals surface area contributed by atoms with Gasteiger partial charge in [0.15, 0.2) is 10.8 Å². The summed E-state index contributed by atoms with van der Waals surface area (Å²) in [6.07, 6.45) is 7.42. The lowest BCUT2D eigenvalue weighted by molar-refractivity contribution is 0.137. The van der Waals surface area contributed by atoms with Crippen LogP contribution >= 0.6 is 11.8 Å². The van der Waals surface area contributed by atoms with Gasteiger partial charge in [-0.05, 0) is 47.4 Å². The molecule has 2 heterocycles. The van der Waals surface area contributed by atoms with E-state index in [0.29, 0.717) is 34.0 Å². The molecule has 0 spiro atoms. The molecule has 0 atom stereocenters. The van der Waals surface area contributed by atoms with E-state index < -0.39 is 14.2 Å². The number of carbonyl (C=O) groups excluding carboxylic acids is 1. The van der Waals surface area contributed by atoms with Crippen LogP contribution in [-0.4, -0.2) is 47.5 Å². The molecule has 42 heavy (non-hydrogen) atoms. The molecule has 224 valence electrons. The first kappa shape index (κ1) is 31.8. The summed E-state index contributed by atoms with van der Waals surface area (Å²) in [5.41, 5.74) is 7.64. The molecule has 4 rings (SSSR count). The first-order valence-electron chi connectivity index (χ1n) is 15.1. The van der Waals surface area contributed by atoms with Gasteiger partial charge in [-0.3, -0.25) is 0 Å². The number of nitrogens with one attached hydrogen (secondary N) is 2. The molecule has 1 saturated carbocycles. The molecule has 3 aromatic rings. The van der Waals surface area contributed by atoms with E-state index in [-0.39, 0.29) is 12.1 Å². The Morgan fingerprint density at radius 1 is 1.05 bits per heavy atom. The van der Waals surface area contributed by atoms with E-state index in [2.05, 4.69) is 68.6 Å². The Hall–Kier alpha value is -3.09. The molecule has 1 aliphatic carbocycles. The van der Waals surface area contributed by atoms with Crippen LogP contribution in [0.25, 0.3) is 11.0 Å². The maximum absolute atomic E-state index is 12.6. The molecule has 7 nitrogen and oxygen atoms in total. The van der Waals surface area contributed by atoms with Crippen molar-refractivity contribution in [3.63, 3.8) is 0 Å². The monoisotopic (exact) mass is 603 g/mol. The van der Waals surface area contributed by atoms with Crippen molar-refractivity contribution in [1.29, 1.82) is 0 Å². The van der Waals surface area contributed by atoms with Gasteiger partial charge in [0.05, 0.1) is 10.9 Å². The van der Waals surface area contributed by atoms with Gasteiger partial charge in [-0.2, -0.15) is 0 Å². The molecule has 0 radical (unpaired) electrons. The zero-order valence-electron chi connectivity index (χ0n) is 26.1. The van der Waals surface area contributed by atoms with Crippen LogP contribution in [-0.2, 0) is 11.3 Å². The van der Waals surface area contributed by atoms with Crippen molar-refractivity contribution in [1.82, 2.24) is 20.3 Å². The Morgan fingerprint density at radius 2 is 1.71 bits per heavy atom. The number of fused-ring (bicyclic) bond motifs is 1. The number of anilines is 1. The molecular weight excluding hydrogens is 559 g/mol. The van der Waals surface area contributed by atoms with Gasteiger partial charge in [0.25, 0.3) is 0 Å². The summed E-state index contributed by atoms with van der Waals surface area (Å²) in [7, 11) is -1.95. The number of hydrogen-bond donors (Lipinski definition) is 2. The number of pyridine rings is 1. The van der Waals surface area contributed by atoms with Gasteiger partial charge in [0.2, 0.25) is 0 Å². The molecular formula is C33H45N5O2SSi. The first-order valence-corrected chi connectivity index (χ1v) is 18.5. The van der Waals surface area contributed by atoms with Gasteiger partial charge >= 0.3 is 6.09 Å². The van der Waals surface area contributed by atoms with Crippen molar-refractivity contribution in [3.8, 4) is 11.5 Å². The summed E-state index contributed by atoms with van der Waals surface area (Å²) in [4.78, 5) is 26.8. The van der Waals surface area contributed by atoms with Crippen molar-refractivity contribution < 1.29 is 9.53 Å². The van der Waals surface area contributed by atoms with E-state index in [1.54, 1.807) is 0 Å². The molecule has 0 aliphatic heterocycles. The highest BCUT2D eigenvalue weighted by Crippen LogP contribution is 2.41. The molecule has 2 aromatic heterocycles. The van der Waals surface area contributed by atoms with E-state index in [1.807, 2.05) is 48.9 Å². The number of thioether (sulfide) groups is 1. The van der Waals surface area contributed by atoms with Crippen molar-refractivity contribution >= 4 is 42.8 Å². The molecule has 0 unspecified atom stereocenters. The van der Waals surface area contributed by atoms with Crippen molar-refractivity contribution in [2.75, 3.05) is 18.1 Å². The number of rotatable bonds is 10. The lowest BCUT2D eigenvalue weighted by atomic mass is 9.97. The Labute approximate surface area is 256 Å². The van der Waals surface area contributed by atoms with Gasteiger partial charge in [0.1, 0.15) is 20.5 Å². The molecule has 0 bridgehead atoms. The second kappa shape index (κ2) is 13.9. The third kappa shape index (κ3) is 7.27. The maximum atomic E-state index is 12.6. The van der Waals surface area contributed by atoms with Gasteiger partial charge in [-0.25, -0.2) is 19.7 Å². The molecule has 9 heteroatoms. The van der Waals surface area contributed by atoms with Crippen molar-refractivity contribution in [2.24, 2.45) is 0 Å². The number of ether oxygens (including phenoxy) is 1. The number of nitrogens with zero attached hydrogens (tertiary/aromatic N) is 3. The Kier molecular flexibility index (Phi) is 10.5. The van der Waals surface area contributed by atoms with Gasteiger partial charge < -0.3 is 15.4 Å². The van der Waals surface area contributed by atoms with E-state index >= 15 is 0 Å². The Bertz CT molecular complexity index is 1410. The minimum atomic E-state index is -1.95. The van der Waals surface area contributed by atoms with Crippen LogP contribution < -0.4 is 10.6 Å². The summed E-state index contributed by atoms with van der Waals surface area (Å²) in [6.45, 7) is 14.7. The summed E-state index contributed by atoms with van der Waals surface area (Å²) in [5.74, 6) is 4.35. The van der Waals surface area contributed by atoms with Crippen LogP contribution in [0.2, 0.25) is 16.6 Å². The Morgan fingerprint density at radius 3 is 2.33 bits per heavy atom. The lowest BCUT2D eigenvalue weighted by Gasteiger charge is -2.38. The summed E-state index contributed by atoms with van der Waals surface area (Å²) in [5, 5.41) is 8.27. The maximum Gasteiger partial charge on any atom is 0.407 e. The largest absolute Gasteiger partial charge is 0.445 e. The number of aromatic nitrogens is 3. The lowest BCUT2D eigenvalue weighted by Crippen LogP contribution is -2.47. The van der Waals surface area contributed by atoms with E-state index in [1.165, 1.54) is 11.8 Å². The third-order valence-electron chi connectivity index (χ3n) is 8.74. The minimum absolute atomic E-state index is 0.243. The number of hydrogen-bond acceptors (Lipinski definition) is 7. The topological polar surface area (TPSA) is 89.0 Å². The fourth-order valence-corrected chi connectivity index (χ4v) is 12.1. The summed E-state index contributed by atoms with van der Waals surface area (Å²) >= 11 is 1.50. The molecule has 1 amide bonds. The molecule has 2 N–H and O–H groups in total. The number of carbonyl (C=O) groups is 1. The average molecular weight is 604 g/mol. The number of benzene rings is 1. The molecule has 0 saturated heterocycles. The van der Waals surface area contributed by atoms with Crippen LogP contribution in [0.3, 0.4) is 0 Å². The number of amides is 1. The zero-order valence-corrected chi connectivity index (χ0v) is 27.9. The summed E-state index contributed by atoms with van der Waals surface area (Å²) < 4.78 is 5.48. The molecule has 1 aliphatic rings. The fourth-order valence-electron chi connectivity index (χ4n) is 6.55. The quantitative estimate of drug-likeness (QED) is 0.105. The highest BCUT2D eigenvalue weighted by Gasteiger charge is 2.42. The van der Waals surface area contributed by atoms with E-state index in [4.69, 9.17) is 14.7 Å². The smallest absolute Gasteiger partial charge is 0.407 e.